The second kappa shape index (κ2) is 14.7. The number of hydrogen-bond donors (Lipinski definition) is 0. The average molecular weight is 401 g/mol. The Morgan fingerprint density at radius 1 is 0.828 bits per heavy atom. The molecule has 2 heteroatoms. The molecule has 29 heavy (non-hydrogen) atoms. The monoisotopic (exact) mass is 400 g/mol. The molecule has 0 saturated carbocycles. The van der Waals surface area contributed by atoms with Crippen LogP contribution in [0.25, 0.3) is 0 Å². The summed E-state index contributed by atoms with van der Waals surface area (Å²) < 4.78 is 11.1. The van der Waals surface area contributed by atoms with Gasteiger partial charge in [0.05, 0.1) is 6.61 Å². The van der Waals surface area contributed by atoms with Crippen molar-refractivity contribution in [2.45, 2.75) is 109 Å². The molecule has 0 amide bonds. The van der Waals surface area contributed by atoms with Gasteiger partial charge in [0.1, 0.15) is 18.0 Å². The van der Waals surface area contributed by atoms with Crippen molar-refractivity contribution >= 4 is 0 Å². The van der Waals surface area contributed by atoms with Gasteiger partial charge in [-0.15, -0.1) is 0 Å². The first-order valence-corrected chi connectivity index (χ1v) is 12.2. The summed E-state index contributed by atoms with van der Waals surface area (Å²) in [5, 5.41) is 0. The molecule has 1 unspecified atom stereocenters. The Morgan fingerprint density at radius 2 is 1.38 bits per heavy atom. The Labute approximate surface area is 180 Å². The van der Waals surface area contributed by atoms with Crippen LogP contribution in [0.1, 0.15) is 103 Å². The van der Waals surface area contributed by atoms with Gasteiger partial charge in [0.15, 0.2) is 0 Å². The zero-order valence-electron chi connectivity index (χ0n) is 19.1. The first-order valence-electron chi connectivity index (χ1n) is 12.2. The van der Waals surface area contributed by atoms with E-state index >= 15 is 0 Å². The van der Waals surface area contributed by atoms with E-state index in [-0.39, 0.29) is 5.60 Å². The van der Waals surface area contributed by atoms with Gasteiger partial charge >= 0.3 is 0 Å². The second-order valence-electron chi connectivity index (χ2n) is 9.01. The van der Waals surface area contributed by atoms with Crippen LogP contribution >= 0.6 is 0 Å². The maximum atomic E-state index is 5.79. The summed E-state index contributed by atoms with van der Waals surface area (Å²) >= 11 is 0. The number of aryl methyl sites for hydroxylation is 1. The van der Waals surface area contributed by atoms with Gasteiger partial charge in [-0.1, -0.05) is 82.6 Å². The third-order valence-electron chi connectivity index (χ3n) is 5.83. The molecule has 1 fully saturated rings. The normalized spacial score (nSPS) is 18.4. The molecule has 1 aromatic carbocycles. The molecule has 0 radical (unpaired) electrons. The molecule has 0 aromatic heterocycles. The minimum Gasteiger partial charge on any atom is -0.491 e. The van der Waals surface area contributed by atoms with Crippen molar-refractivity contribution < 1.29 is 9.47 Å². The van der Waals surface area contributed by atoms with Gasteiger partial charge in [-0.2, -0.15) is 0 Å². The number of allylic oxidation sites excluding steroid dienone is 2. The highest BCUT2D eigenvalue weighted by Crippen LogP contribution is 2.27. The van der Waals surface area contributed by atoms with E-state index in [1.54, 1.807) is 0 Å². The predicted octanol–water partition coefficient (Wildman–Crippen LogP) is 8.04. The molecule has 1 atom stereocenters. The fourth-order valence-corrected chi connectivity index (χ4v) is 3.59. The quantitative estimate of drug-likeness (QED) is 0.141. The van der Waals surface area contributed by atoms with E-state index in [1.165, 1.54) is 95.5 Å². The predicted molar refractivity (Wildman–Crippen MR) is 125 cm³/mol. The molecule has 0 spiro atoms. The van der Waals surface area contributed by atoms with Crippen molar-refractivity contribution in [2.75, 3.05) is 13.2 Å². The lowest BCUT2D eigenvalue weighted by molar-refractivity contribution is 0.202. The van der Waals surface area contributed by atoms with Crippen molar-refractivity contribution in [2.24, 2.45) is 0 Å². The smallest absolute Gasteiger partial charge is 0.123 e. The third kappa shape index (κ3) is 12.1. The van der Waals surface area contributed by atoms with E-state index in [4.69, 9.17) is 9.47 Å². The van der Waals surface area contributed by atoms with E-state index in [1.807, 2.05) is 0 Å². The molecular weight excluding hydrogens is 356 g/mol. The highest BCUT2D eigenvalue weighted by Gasteiger charge is 2.40. The van der Waals surface area contributed by atoms with Crippen LogP contribution in [0.4, 0.5) is 0 Å². The van der Waals surface area contributed by atoms with E-state index in [9.17, 15) is 0 Å². The number of epoxide rings is 1. The molecule has 1 saturated heterocycles. The van der Waals surface area contributed by atoms with Crippen LogP contribution < -0.4 is 4.74 Å². The molecule has 0 aliphatic carbocycles. The molecular formula is C27H44O2. The first-order chi connectivity index (χ1) is 14.2. The maximum Gasteiger partial charge on any atom is 0.123 e. The van der Waals surface area contributed by atoms with E-state index in [0.717, 1.165) is 12.4 Å². The van der Waals surface area contributed by atoms with Gasteiger partial charge in [0.25, 0.3) is 0 Å². The summed E-state index contributed by atoms with van der Waals surface area (Å²) in [6.07, 6.45) is 23.6. The van der Waals surface area contributed by atoms with Crippen LogP contribution in [-0.4, -0.2) is 18.8 Å². The standard InChI is InChI=1S/C27H44O2/c1-3-4-5-6-7-8-9-10-11-12-13-14-15-16-17-18-25-19-21-26(22-20-25)28-23-27(2)24-29-27/h8-9,19-22H,3-7,10-18,23-24H2,1-2H3/b9-8+. The number of rotatable bonds is 18. The lowest BCUT2D eigenvalue weighted by Crippen LogP contribution is -2.16. The maximum absolute atomic E-state index is 5.79. The summed E-state index contributed by atoms with van der Waals surface area (Å²) in [7, 11) is 0. The summed E-state index contributed by atoms with van der Waals surface area (Å²) in [5.41, 5.74) is 1.39. The molecule has 0 N–H and O–H groups in total. The van der Waals surface area contributed by atoms with Crippen molar-refractivity contribution in [1.82, 2.24) is 0 Å². The number of hydrogen-bond acceptors (Lipinski definition) is 2. The van der Waals surface area contributed by atoms with Crippen LogP contribution in [0.2, 0.25) is 0 Å². The van der Waals surface area contributed by atoms with Crippen LogP contribution in [-0.2, 0) is 11.2 Å². The fourth-order valence-electron chi connectivity index (χ4n) is 3.59. The van der Waals surface area contributed by atoms with Crippen LogP contribution in [0, 0.1) is 0 Å². The minimum atomic E-state index is -0.0384. The Hall–Kier alpha value is -1.28. The van der Waals surface area contributed by atoms with Crippen molar-refractivity contribution in [3.63, 3.8) is 0 Å². The van der Waals surface area contributed by atoms with E-state index in [0.29, 0.717) is 6.61 Å². The number of ether oxygens (including phenoxy) is 2. The fraction of sp³-hybridized carbons (Fsp3) is 0.704. The minimum absolute atomic E-state index is 0.0384. The largest absolute Gasteiger partial charge is 0.491 e. The molecule has 1 aliphatic heterocycles. The van der Waals surface area contributed by atoms with Gasteiger partial charge in [-0.3, -0.25) is 0 Å². The Morgan fingerprint density at radius 3 is 1.97 bits per heavy atom. The highest BCUT2D eigenvalue weighted by molar-refractivity contribution is 5.27. The van der Waals surface area contributed by atoms with Crippen LogP contribution in [0.3, 0.4) is 0 Å². The Bertz CT molecular complexity index is 542. The Kier molecular flexibility index (Phi) is 12.1. The second-order valence-corrected chi connectivity index (χ2v) is 9.01. The zero-order chi connectivity index (χ0) is 20.6. The molecule has 1 aromatic rings. The molecule has 0 bridgehead atoms. The van der Waals surface area contributed by atoms with Crippen LogP contribution in [0.5, 0.6) is 5.75 Å². The van der Waals surface area contributed by atoms with Crippen molar-refractivity contribution in [3.8, 4) is 5.75 Å². The van der Waals surface area contributed by atoms with Gasteiger partial charge in [0.2, 0.25) is 0 Å². The Balaban J connectivity index is 1.36. The van der Waals surface area contributed by atoms with Gasteiger partial charge in [0, 0.05) is 0 Å². The first kappa shape index (κ1) is 24.0. The van der Waals surface area contributed by atoms with Gasteiger partial charge in [-0.05, 0) is 63.1 Å². The molecule has 2 rings (SSSR count). The third-order valence-corrected chi connectivity index (χ3v) is 5.83. The van der Waals surface area contributed by atoms with Gasteiger partial charge in [-0.25, -0.2) is 0 Å². The molecule has 2 nitrogen and oxygen atoms in total. The summed E-state index contributed by atoms with van der Waals surface area (Å²) in [6.45, 7) is 5.84. The lowest BCUT2D eigenvalue weighted by Gasteiger charge is -2.09. The summed E-state index contributed by atoms with van der Waals surface area (Å²) in [4.78, 5) is 0. The zero-order valence-corrected chi connectivity index (χ0v) is 19.1. The highest BCUT2D eigenvalue weighted by atomic mass is 16.6. The summed E-state index contributed by atoms with van der Waals surface area (Å²) in [5.74, 6) is 0.955. The van der Waals surface area contributed by atoms with E-state index in [2.05, 4.69) is 50.3 Å². The topological polar surface area (TPSA) is 21.8 Å². The van der Waals surface area contributed by atoms with Crippen LogP contribution in [0.15, 0.2) is 36.4 Å². The van der Waals surface area contributed by atoms with Crippen molar-refractivity contribution in [1.29, 1.82) is 0 Å². The lowest BCUT2D eigenvalue weighted by atomic mass is 10.0. The molecule has 1 heterocycles. The SMILES string of the molecule is CCCCCC/C=C/CCCCCCCCCc1ccc(OCC2(C)CO2)cc1. The van der Waals surface area contributed by atoms with Crippen molar-refractivity contribution in [3.05, 3.63) is 42.0 Å². The average Bonchev–Trinajstić information content (AvgIpc) is 3.48. The number of unbranched alkanes of at least 4 members (excludes halogenated alkanes) is 11. The molecule has 1 aliphatic rings. The van der Waals surface area contributed by atoms with Gasteiger partial charge < -0.3 is 9.47 Å². The number of benzene rings is 1. The van der Waals surface area contributed by atoms with E-state index < -0.39 is 0 Å². The molecule has 164 valence electrons. The summed E-state index contributed by atoms with van der Waals surface area (Å²) in [6, 6.07) is 8.62.